The lowest BCUT2D eigenvalue weighted by Gasteiger charge is -2.55. The molecule has 2 aliphatic heterocycles. The van der Waals surface area contributed by atoms with Gasteiger partial charge in [-0.25, -0.2) is 0 Å². The van der Waals surface area contributed by atoms with Crippen molar-refractivity contribution in [3.8, 4) is 0 Å². The van der Waals surface area contributed by atoms with E-state index < -0.39 is 22.9 Å². The summed E-state index contributed by atoms with van der Waals surface area (Å²) in [6, 6.07) is 9.68. The second-order valence-corrected chi connectivity index (χ2v) is 8.39. The van der Waals surface area contributed by atoms with Gasteiger partial charge in [0.05, 0.1) is 11.3 Å². The molecule has 3 nitrogen and oxygen atoms in total. The molecule has 148 valence electrons. The van der Waals surface area contributed by atoms with Crippen LogP contribution in [0.2, 0.25) is 0 Å². The highest BCUT2D eigenvalue weighted by molar-refractivity contribution is 5.88. The zero-order valence-electron chi connectivity index (χ0n) is 15.4. The van der Waals surface area contributed by atoms with Gasteiger partial charge in [0.1, 0.15) is 0 Å². The highest BCUT2D eigenvalue weighted by atomic mass is 19.4. The highest BCUT2D eigenvalue weighted by Crippen LogP contribution is 2.56. The third kappa shape index (κ3) is 3.16. The van der Waals surface area contributed by atoms with Crippen LogP contribution in [-0.2, 0) is 14.9 Å². The van der Waals surface area contributed by atoms with Crippen molar-refractivity contribution in [3.63, 3.8) is 0 Å². The number of piperidine rings is 1. The second kappa shape index (κ2) is 6.80. The van der Waals surface area contributed by atoms with Crippen LogP contribution in [0.5, 0.6) is 0 Å². The standard InChI is InChI=1S/C21H26F3NO2/c22-21(23,24)17-7-12-25(15-19(17)8-4-9-19)18(26)20(10-13-27-14-11-20)16-5-2-1-3-6-16/h1-3,5-6,17H,4,7-15H2. The highest BCUT2D eigenvalue weighted by Gasteiger charge is 2.59. The second-order valence-electron chi connectivity index (χ2n) is 8.39. The first-order chi connectivity index (χ1) is 12.9. The third-order valence-electron chi connectivity index (χ3n) is 7.05. The number of hydrogen-bond acceptors (Lipinski definition) is 2. The molecule has 1 aliphatic carbocycles. The molecule has 1 unspecified atom stereocenters. The van der Waals surface area contributed by atoms with Crippen molar-refractivity contribution in [2.45, 2.75) is 50.1 Å². The number of hydrogen-bond donors (Lipinski definition) is 0. The van der Waals surface area contributed by atoms with Crippen LogP contribution in [0.4, 0.5) is 13.2 Å². The average Bonchev–Trinajstić information content (AvgIpc) is 2.66. The Labute approximate surface area is 157 Å². The molecule has 27 heavy (non-hydrogen) atoms. The maximum atomic E-state index is 13.6. The van der Waals surface area contributed by atoms with E-state index in [0.29, 0.717) is 38.9 Å². The first-order valence-corrected chi connectivity index (χ1v) is 9.87. The Balaban J connectivity index is 1.61. The predicted molar refractivity (Wildman–Crippen MR) is 95.2 cm³/mol. The van der Waals surface area contributed by atoms with Crippen LogP contribution in [0.1, 0.15) is 44.1 Å². The lowest BCUT2D eigenvalue weighted by Crippen LogP contribution is -2.61. The summed E-state index contributed by atoms with van der Waals surface area (Å²) in [6.45, 7) is 1.45. The van der Waals surface area contributed by atoms with Crippen LogP contribution in [0, 0.1) is 11.3 Å². The normalized spacial score (nSPS) is 27.2. The summed E-state index contributed by atoms with van der Waals surface area (Å²) in [4.78, 5) is 15.4. The fourth-order valence-electron chi connectivity index (χ4n) is 5.39. The van der Waals surface area contributed by atoms with Crippen LogP contribution in [0.3, 0.4) is 0 Å². The number of rotatable bonds is 2. The Bertz CT molecular complexity index is 678. The maximum absolute atomic E-state index is 13.6. The number of carbonyl (C=O) groups is 1. The van der Waals surface area contributed by atoms with Gasteiger partial charge in [-0.1, -0.05) is 36.8 Å². The van der Waals surface area contributed by atoms with Gasteiger partial charge in [0, 0.05) is 26.3 Å². The zero-order valence-corrected chi connectivity index (χ0v) is 15.4. The molecule has 4 rings (SSSR count). The molecule has 1 spiro atoms. The predicted octanol–water partition coefficient (Wildman–Crippen LogP) is 4.32. The van der Waals surface area contributed by atoms with Crippen LogP contribution in [0.25, 0.3) is 0 Å². The van der Waals surface area contributed by atoms with Crippen molar-refractivity contribution < 1.29 is 22.7 Å². The smallest absolute Gasteiger partial charge is 0.381 e. The number of ether oxygens (including phenoxy) is 1. The Morgan fingerprint density at radius 1 is 1.07 bits per heavy atom. The van der Waals surface area contributed by atoms with Gasteiger partial charge in [-0.2, -0.15) is 13.2 Å². The Morgan fingerprint density at radius 3 is 2.30 bits per heavy atom. The number of nitrogens with zero attached hydrogens (tertiary/aromatic N) is 1. The van der Waals surface area contributed by atoms with Crippen molar-refractivity contribution in [1.29, 1.82) is 0 Å². The fraction of sp³-hybridized carbons (Fsp3) is 0.667. The molecule has 0 N–H and O–H groups in total. The monoisotopic (exact) mass is 381 g/mol. The Morgan fingerprint density at radius 2 is 1.74 bits per heavy atom. The molecule has 1 aromatic rings. The minimum absolute atomic E-state index is 0.0103. The quantitative estimate of drug-likeness (QED) is 0.764. The average molecular weight is 381 g/mol. The van der Waals surface area contributed by atoms with Gasteiger partial charge in [0.2, 0.25) is 5.91 Å². The van der Waals surface area contributed by atoms with Crippen molar-refractivity contribution >= 4 is 5.91 Å². The fourth-order valence-corrected chi connectivity index (χ4v) is 5.39. The Hall–Kier alpha value is -1.56. The molecular weight excluding hydrogens is 355 g/mol. The molecule has 2 heterocycles. The van der Waals surface area contributed by atoms with E-state index in [1.807, 2.05) is 30.3 Å². The SMILES string of the molecule is O=C(N1CCC(C(F)(F)F)C2(CCC2)C1)C1(c2ccccc2)CCOCC1. The van der Waals surface area contributed by atoms with Crippen molar-refractivity contribution in [1.82, 2.24) is 4.90 Å². The first-order valence-electron chi connectivity index (χ1n) is 9.87. The summed E-state index contributed by atoms with van der Waals surface area (Å²) in [7, 11) is 0. The first kappa shape index (κ1) is 18.8. The largest absolute Gasteiger partial charge is 0.392 e. The maximum Gasteiger partial charge on any atom is 0.392 e. The minimum atomic E-state index is -4.18. The van der Waals surface area contributed by atoms with E-state index in [4.69, 9.17) is 4.74 Å². The van der Waals surface area contributed by atoms with E-state index in [2.05, 4.69) is 0 Å². The number of amides is 1. The van der Waals surface area contributed by atoms with E-state index in [1.54, 1.807) is 4.90 Å². The van der Waals surface area contributed by atoms with E-state index in [9.17, 15) is 18.0 Å². The number of benzene rings is 1. The lowest BCUT2D eigenvalue weighted by atomic mass is 9.57. The number of halogens is 3. The third-order valence-corrected chi connectivity index (χ3v) is 7.05. The summed E-state index contributed by atoms with van der Waals surface area (Å²) in [5.41, 5.74) is -0.482. The molecule has 6 heteroatoms. The van der Waals surface area contributed by atoms with Crippen molar-refractivity contribution in [2.75, 3.05) is 26.3 Å². The molecule has 3 aliphatic rings. The van der Waals surface area contributed by atoms with Crippen LogP contribution < -0.4 is 0 Å². The molecule has 1 saturated carbocycles. The zero-order chi connectivity index (χ0) is 19.1. The van der Waals surface area contributed by atoms with Gasteiger partial charge in [0.25, 0.3) is 0 Å². The van der Waals surface area contributed by atoms with E-state index in [-0.39, 0.29) is 25.4 Å². The summed E-state index contributed by atoms with van der Waals surface area (Å²) >= 11 is 0. The van der Waals surface area contributed by atoms with Crippen LogP contribution in [-0.4, -0.2) is 43.3 Å². The van der Waals surface area contributed by atoms with Crippen LogP contribution in [0.15, 0.2) is 30.3 Å². The number of carbonyl (C=O) groups excluding carboxylic acids is 1. The molecule has 0 bridgehead atoms. The lowest BCUT2D eigenvalue weighted by molar-refractivity contribution is -0.238. The summed E-state index contributed by atoms with van der Waals surface area (Å²) in [5.74, 6) is -1.28. The molecule has 0 aromatic heterocycles. The summed E-state index contributed by atoms with van der Waals surface area (Å²) in [5, 5.41) is 0. The van der Waals surface area contributed by atoms with Gasteiger partial charge in [-0.3, -0.25) is 4.79 Å². The minimum Gasteiger partial charge on any atom is -0.381 e. The topological polar surface area (TPSA) is 29.5 Å². The van der Waals surface area contributed by atoms with Gasteiger partial charge in [-0.05, 0) is 43.1 Å². The van der Waals surface area contributed by atoms with Gasteiger partial charge >= 0.3 is 6.18 Å². The Kier molecular flexibility index (Phi) is 4.73. The molecular formula is C21H26F3NO2. The number of alkyl halides is 3. The van der Waals surface area contributed by atoms with Gasteiger partial charge in [-0.15, -0.1) is 0 Å². The molecule has 2 saturated heterocycles. The van der Waals surface area contributed by atoms with Gasteiger partial charge in [0.15, 0.2) is 0 Å². The molecule has 3 fully saturated rings. The van der Waals surface area contributed by atoms with Crippen molar-refractivity contribution in [2.24, 2.45) is 11.3 Å². The molecule has 1 atom stereocenters. The summed E-state index contributed by atoms with van der Waals surface area (Å²) in [6.07, 6.45) is -1.01. The van der Waals surface area contributed by atoms with E-state index >= 15 is 0 Å². The van der Waals surface area contributed by atoms with E-state index in [1.165, 1.54) is 0 Å². The summed E-state index contributed by atoms with van der Waals surface area (Å²) < 4.78 is 46.2. The van der Waals surface area contributed by atoms with Gasteiger partial charge < -0.3 is 9.64 Å². The van der Waals surface area contributed by atoms with Crippen LogP contribution >= 0.6 is 0 Å². The number of likely N-dealkylation sites (tertiary alicyclic amines) is 1. The van der Waals surface area contributed by atoms with Crippen molar-refractivity contribution in [3.05, 3.63) is 35.9 Å². The molecule has 1 aromatic carbocycles. The molecule has 1 amide bonds. The van der Waals surface area contributed by atoms with E-state index in [0.717, 1.165) is 12.0 Å². The molecule has 0 radical (unpaired) electrons.